The van der Waals surface area contributed by atoms with E-state index in [1.165, 1.54) is 12.8 Å². The van der Waals surface area contributed by atoms with Crippen molar-refractivity contribution in [3.8, 4) is 5.75 Å². The Labute approximate surface area is 113 Å². The Morgan fingerprint density at radius 2 is 2.21 bits per heavy atom. The molecule has 0 aliphatic carbocycles. The Morgan fingerprint density at radius 1 is 1.37 bits per heavy atom. The van der Waals surface area contributed by atoms with E-state index < -0.39 is 5.97 Å². The molecular formula is C15H21NO3. The zero-order chi connectivity index (χ0) is 13.7. The number of nitrogens with zero attached hydrogens (tertiary/aromatic N) is 1. The monoisotopic (exact) mass is 263 g/mol. The van der Waals surface area contributed by atoms with E-state index >= 15 is 0 Å². The molecule has 1 atom stereocenters. The molecule has 0 saturated carbocycles. The molecule has 0 bridgehead atoms. The first-order valence-corrected chi connectivity index (χ1v) is 6.89. The summed E-state index contributed by atoms with van der Waals surface area (Å²) in [5, 5.41) is 18.3. The molecule has 0 radical (unpaired) electrons. The van der Waals surface area contributed by atoms with Crippen molar-refractivity contribution in [1.29, 1.82) is 0 Å². The van der Waals surface area contributed by atoms with Crippen LogP contribution in [0, 0.1) is 0 Å². The summed E-state index contributed by atoms with van der Waals surface area (Å²) in [5.41, 5.74) is 1.09. The van der Waals surface area contributed by atoms with Crippen molar-refractivity contribution in [2.45, 2.75) is 44.7 Å². The lowest BCUT2D eigenvalue weighted by atomic mass is 9.97. The fourth-order valence-electron chi connectivity index (χ4n) is 2.77. The molecule has 4 nitrogen and oxygen atoms in total. The first-order chi connectivity index (χ1) is 9.15. The molecule has 2 N–H and O–H groups in total. The summed E-state index contributed by atoms with van der Waals surface area (Å²) >= 11 is 0. The van der Waals surface area contributed by atoms with Gasteiger partial charge in [0, 0.05) is 19.0 Å². The summed E-state index contributed by atoms with van der Waals surface area (Å²) in [4.78, 5) is 13.0. The number of aromatic hydroxyl groups is 1. The topological polar surface area (TPSA) is 60.8 Å². The van der Waals surface area contributed by atoms with E-state index in [1.54, 1.807) is 12.1 Å². The molecule has 1 heterocycles. The van der Waals surface area contributed by atoms with Crippen LogP contribution in [0.25, 0.3) is 0 Å². The normalized spacial score (nSPS) is 20.3. The van der Waals surface area contributed by atoms with Crippen molar-refractivity contribution in [1.82, 2.24) is 4.90 Å². The van der Waals surface area contributed by atoms with Crippen molar-refractivity contribution in [2.24, 2.45) is 0 Å². The van der Waals surface area contributed by atoms with Crippen LogP contribution in [-0.4, -0.2) is 33.7 Å². The van der Waals surface area contributed by atoms with E-state index in [1.807, 2.05) is 12.1 Å². The lowest BCUT2D eigenvalue weighted by Crippen LogP contribution is -2.39. The SMILES string of the molecule is O=C(O)CCC1CCCCN1Cc1cccc(O)c1. The van der Waals surface area contributed by atoms with Crippen LogP contribution >= 0.6 is 0 Å². The molecule has 0 aromatic heterocycles. The van der Waals surface area contributed by atoms with Gasteiger partial charge >= 0.3 is 5.97 Å². The summed E-state index contributed by atoms with van der Waals surface area (Å²) in [5.74, 6) is -0.431. The Hall–Kier alpha value is -1.55. The minimum Gasteiger partial charge on any atom is -0.508 e. The van der Waals surface area contributed by atoms with Crippen LogP contribution in [0.4, 0.5) is 0 Å². The minimum atomic E-state index is -0.720. The fraction of sp³-hybridized carbons (Fsp3) is 0.533. The van der Waals surface area contributed by atoms with Gasteiger partial charge in [-0.1, -0.05) is 18.6 Å². The van der Waals surface area contributed by atoms with Gasteiger partial charge in [0.05, 0.1) is 0 Å². The van der Waals surface area contributed by atoms with Crippen molar-refractivity contribution < 1.29 is 15.0 Å². The summed E-state index contributed by atoms with van der Waals surface area (Å²) in [6.07, 6.45) is 4.38. The molecular weight excluding hydrogens is 242 g/mol. The smallest absolute Gasteiger partial charge is 0.303 e. The number of carbonyl (C=O) groups is 1. The molecule has 1 aliphatic rings. The lowest BCUT2D eigenvalue weighted by Gasteiger charge is -2.35. The van der Waals surface area contributed by atoms with E-state index in [0.717, 1.165) is 25.1 Å². The molecule has 19 heavy (non-hydrogen) atoms. The number of hydrogen-bond acceptors (Lipinski definition) is 3. The standard InChI is InChI=1S/C15H21NO3/c17-14-6-3-4-12(10-14)11-16-9-2-1-5-13(16)7-8-15(18)19/h3-4,6,10,13,17H,1-2,5,7-9,11H2,(H,18,19). The van der Waals surface area contributed by atoms with Crippen molar-refractivity contribution in [3.63, 3.8) is 0 Å². The van der Waals surface area contributed by atoms with E-state index in [-0.39, 0.29) is 12.2 Å². The molecule has 0 amide bonds. The van der Waals surface area contributed by atoms with Gasteiger partial charge < -0.3 is 10.2 Å². The maximum absolute atomic E-state index is 10.7. The zero-order valence-electron chi connectivity index (χ0n) is 11.1. The van der Waals surface area contributed by atoms with Gasteiger partial charge in [0.25, 0.3) is 0 Å². The molecule has 1 aliphatic heterocycles. The highest BCUT2D eigenvalue weighted by Gasteiger charge is 2.22. The fourth-order valence-corrected chi connectivity index (χ4v) is 2.77. The third-order valence-electron chi connectivity index (χ3n) is 3.74. The van der Waals surface area contributed by atoms with Gasteiger partial charge in [0.1, 0.15) is 5.75 Å². The average Bonchev–Trinajstić information content (AvgIpc) is 2.38. The Bertz CT molecular complexity index is 433. The predicted molar refractivity (Wildman–Crippen MR) is 73.0 cm³/mol. The molecule has 1 saturated heterocycles. The second-order valence-electron chi connectivity index (χ2n) is 5.22. The molecule has 0 spiro atoms. The predicted octanol–water partition coefficient (Wildman–Crippen LogP) is 2.61. The maximum Gasteiger partial charge on any atom is 0.303 e. The number of phenolic OH excluding ortho intramolecular Hbond substituents is 1. The number of aliphatic carboxylic acids is 1. The second kappa shape index (κ2) is 6.57. The largest absolute Gasteiger partial charge is 0.508 e. The van der Waals surface area contributed by atoms with E-state index in [4.69, 9.17) is 5.11 Å². The molecule has 1 unspecified atom stereocenters. The average molecular weight is 263 g/mol. The Balaban J connectivity index is 1.97. The van der Waals surface area contributed by atoms with Crippen molar-refractivity contribution in [3.05, 3.63) is 29.8 Å². The summed E-state index contributed by atoms with van der Waals surface area (Å²) in [6, 6.07) is 7.65. The zero-order valence-corrected chi connectivity index (χ0v) is 11.1. The Morgan fingerprint density at radius 3 is 2.95 bits per heavy atom. The van der Waals surface area contributed by atoms with Crippen LogP contribution in [0.3, 0.4) is 0 Å². The molecule has 1 aromatic carbocycles. The number of carboxylic acid groups (broad SMARTS) is 1. The van der Waals surface area contributed by atoms with Crippen molar-refractivity contribution in [2.75, 3.05) is 6.54 Å². The number of piperidine rings is 1. The highest BCUT2D eigenvalue weighted by molar-refractivity contribution is 5.66. The summed E-state index contributed by atoms with van der Waals surface area (Å²) in [7, 11) is 0. The van der Waals surface area contributed by atoms with Crippen LogP contribution in [0.15, 0.2) is 24.3 Å². The van der Waals surface area contributed by atoms with E-state index in [9.17, 15) is 9.90 Å². The van der Waals surface area contributed by atoms with Gasteiger partial charge in [-0.05, 0) is 43.5 Å². The van der Waals surface area contributed by atoms with Gasteiger partial charge in [-0.2, -0.15) is 0 Å². The first-order valence-electron chi connectivity index (χ1n) is 6.89. The molecule has 4 heteroatoms. The number of benzene rings is 1. The molecule has 1 fully saturated rings. The molecule has 1 aromatic rings. The van der Waals surface area contributed by atoms with Gasteiger partial charge in [-0.25, -0.2) is 0 Å². The van der Waals surface area contributed by atoms with E-state index in [2.05, 4.69) is 4.90 Å². The summed E-state index contributed by atoms with van der Waals surface area (Å²) < 4.78 is 0. The van der Waals surface area contributed by atoms with Gasteiger partial charge in [0.15, 0.2) is 0 Å². The number of phenols is 1. The van der Waals surface area contributed by atoms with Gasteiger partial charge in [0.2, 0.25) is 0 Å². The van der Waals surface area contributed by atoms with Gasteiger partial charge in [-0.3, -0.25) is 9.69 Å². The van der Waals surface area contributed by atoms with Crippen LogP contribution in [0.5, 0.6) is 5.75 Å². The van der Waals surface area contributed by atoms with Crippen LogP contribution in [-0.2, 0) is 11.3 Å². The van der Waals surface area contributed by atoms with Crippen molar-refractivity contribution >= 4 is 5.97 Å². The lowest BCUT2D eigenvalue weighted by molar-refractivity contribution is -0.137. The van der Waals surface area contributed by atoms with E-state index in [0.29, 0.717) is 12.5 Å². The van der Waals surface area contributed by atoms with Crippen LogP contribution in [0.1, 0.15) is 37.7 Å². The number of hydrogen-bond donors (Lipinski definition) is 2. The highest BCUT2D eigenvalue weighted by Crippen LogP contribution is 2.23. The highest BCUT2D eigenvalue weighted by atomic mass is 16.4. The number of carboxylic acids is 1. The first kappa shape index (κ1) is 13.9. The maximum atomic E-state index is 10.7. The number of rotatable bonds is 5. The number of likely N-dealkylation sites (tertiary alicyclic amines) is 1. The Kier molecular flexibility index (Phi) is 4.80. The second-order valence-corrected chi connectivity index (χ2v) is 5.22. The quantitative estimate of drug-likeness (QED) is 0.857. The summed E-state index contributed by atoms with van der Waals surface area (Å²) in [6.45, 7) is 1.80. The van der Waals surface area contributed by atoms with Gasteiger partial charge in [-0.15, -0.1) is 0 Å². The molecule has 104 valence electrons. The third kappa shape index (κ3) is 4.24. The van der Waals surface area contributed by atoms with Crippen LogP contribution < -0.4 is 0 Å². The third-order valence-corrected chi connectivity index (χ3v) is 3.74. The minimum absolute atomic E-state index is 0.237. The van der Waals surface area contributed by atoms with Crippen LogP contribution in [0.2, 0.25) is 0 Å². The molecule has 2 rings (SSSR count).